The van der Waals surface area contributed by atoms with Crippen molar-refractivity contribution in [2.24, 2.45) is 5.84 Å². The Labute approximate surface area is 101 Å². The van der Waals surface area contributed by atoms with E-state index in [4.69, 9.17) is 10.8 Å². The first-order valence-electron chi connectivity index (χ1n) is 6.08. The Morgan fingerprint density at radius 2 is 1.94 bits per heavy atom. The van der Waals surface area contributed by atoms with E-state index >= 15 is 0 Å². The van der Waals surface area contributed by atoms with Crippen LogP contribution in [0, 0.1) is 13.8 Å². The van der Waals surface area contributed by atoms with Crippen LogP contribution in [0.3, 0.4) is 0 Å². The van der Waals surface area contributed by atoms with Crippen molar-refractivity contribution in [1.82, 2.24) is 4.98 Å². The number of pyridine rings is 1. The minimum absolute atomic E-state index is 0.645. The molecule has 0 aliphatic heterocycles. The summed E-state index contributed by atoms with van der Waals surface area (Å²) in [5.41, 5.74) is 8.51. The molecule has 1 fully saturated rings. The first-order valence-corrected chi connectivity index (χ1v) is 6.08. The quantitative estimate of drug-likeness (QED) is 0.612. The van der Waals surface area contributed by atoms with Gasteiger partial charge in [-0.2, -0.15) is 0 Å². The number of nitrogens with two attached hydrogens (primary N) is 1. The van der Waals surface area contributed by atoms with Crippen LogP contribution in [0.2, 0.25) is 0 Å². The van der Waals surface area contributed by atoms with Crippen LogP contribution in [0.1, 0.15) is 35.6 Å². The summed E-state index contributed by atoms with van der Waals surface area (Å²) in [7, 11) is 0. The molecule has 1 aliphatic carbocycles. The van der Waals surface area contributed by atoms with Gasteiger partial charge in [-0.25, -0.2) is 0 Å². The Kier molecular flexibility index (Phi) is 2.30. The predicted octanol–water partition coefficient (Wildman–Crippen LogP) is 3.01. The molecular weight excluding hydrogens is 210 g/mol. The maximum absolute atomic E-state index is 5.65. The first-order chi connectivity index (χ1) is 8.20. The number of hydrazine groups is 1. The van der Waals surface area contributed by atoms with Crippen molar-refractivity contribution >= 4 is 16.6 Å². The lowest BCUT2D eigenvalue weighted by atomic mass is 10.0. The number of anilines is 1. The number of aryl methyl sites for hydroxylation is 2. The zero-order valence-corrected chi connectivity index (χ0v) is 10.2. The van der Waals surface area contributed by atoms with Gasteiger partial charge >= 0.3 is 0 Å². The van der Waals surface area contributed by atoms with E-state index in [9.17, 15) is 0 Å². The van der Waals surface area contributed by atoms with Crippen molar-refractivity contribution in [3.05, 3.63) is 35.0 Å². The van der Waals surface area contributed by atoms with E-state index in [-0.39, 0.29) is 0 Å². The van der Waals surface area contributed by atoms with E-state index in [0.29, 0.717) is 5.92 Å². The van der Waals surface area contributed by atoms with Gasteiger partial charge in [0.25, 0.3) is 0 Å². The van der Waals surface area contributed by atoms with Gasteiger partial charge < -0.3 is 5.43 Å². The van der Waals surface area contributed by atoms with Gasteiger partial charge in [0.15, 0.2) is 0 Å². The highest BCUT2D eigenvalue weighted by Gasteiger charge is 2.26. The Morgan fingerprint density at radius 1 is 1.24 bits per heavy atom. The van der Waals surface area contributed by atoms with Crippen LogP contribution in [0.5, 0.6) is 0 Å². The molecule has 0 unspecified atom stereocenters. The van der Waals surface area contributed by atoms with E-state index in [1.54, 1.807) is 0 Å². The van der Waals surface area contributed by atoms with Crippen molar-refractivity contribution in [3.8, 4) is 0 Å². The highest BCUT2D eigenvalue weighted by molar-refractivity contribution is 5.95. The third-order valence-electron chi connectivity index (χ3n) is 3.54. The Morgan fingerprint density at radius 3 is 2.59 bits per heavy atom. The fourth-order valence-corrected chi connectivity index (χ4v) is 2.36. The number of nitrogens with zero attached hydrogens (tertiary/aromatic N) is 1. The van der Waals surface area contributed by atoms with Gasteiger partial charge in [-0.3, -0.25) is 10.8 Å². The molecule has 0 spiro atoms. The van der Waals surface area contributed by atoms with Crippen molar-refractivity contribution < 1.29 is 0 Å². The summed E-state index contributed by atoms with van der Waals surface area (Å²) < 4.78 is 0. The molecule has 1 aromatic heterocycles. The van der Waals surface area contributed by atoms with E-state index in [0.717, 1.165) is 16.6 Å². The summed E-state index contributed by atoms with van der Waals surface area (Å²) in [6, 6.07) is 6.35. The second kappa shape index (κ2) is 3.70. The molecule has 1 aliphatic rings. The lowest BCUT2D eigenvalue weighted by molar-refractivity contribution is 1.04. The van der Waals surface area contributed by atoms with Crippen molar-refractivity contribution in [1.29, 1.82) is 0 Å². The van der Waals surface area contributed by atoms with Gasteiger partial charge in [0.2, 0.25) is 0 Å². The third kappa shape index (κ3) is 1.67. The van der Waals surface area contributed by atoms with Crippen molar-refractivity contribution in [2.75, 3.05) is 5.43 Å². The molecule has 88 valence electrons. The maximum Gasteiger partial charge on any atom is 0.0758 e. The Bertz CT molecular complexity index is 586. The molecular formula is C14H17N3. The van der Waals surface area contributed by atoms with Crippen LogP contribution in [0.15, 0.2) is 18.2 Å². The third-order valence-corrected chi connectivity index (χ3v) is 3.54. The zero-order chi connectivity index (χ0) is 12.0. The molecule has 3 N–H and O–H groups in total. The van der Waals surface area contributed by atoms with E-state index in [2.05, 4.69) is 37.5 Å². The van der Waals surface area contributed by atoms with Crippen LogP contribution < -0.4 is 11.3 Å². The van der Waals surface area contributed by atoms with Gasteiger partial charge in [-0.15, -0.1) is 0 Å². The second-order valence-corrected chi connectivity index (χ2v) is 4.94. The largest absolute Gasteiger partial charge is 0.323 e. The van der Waals surface area contributed by atoms with Gasteiger partial charge in [0.1, 0.15) is 0 Å². The minimum Gasteiger partial charge on any atom is -0.323 e. The Balaban J connectivity index is 2.35. The molecule has 3 rings (SSSR count). The van der Waals surface area contributed by atoms with Crippen molar-refractivity contribution in [3.63, 3.8) is 0 Å². The van der Waals surface area contributed by atoms with Gasteiger partial charge in [-0.1, -0.05) is 12.1 Å². The normalized spacial score (nSPS) is 15.2. The fourth-order valence-electron chi connectivity index (χ4n) is 2.36. The summed E-state index contributed by atoms with van der Waals surface area (Å²) in [6.45, 7) is 4.20. The summed E-state index contributed by atoms with van der Waals surface area (Å²) in [5.74, 6) is 6.29. The number of fused-ring (bicyclic) bond motifs is 1. The molecule has 0 amide bonds. The number of aromatic nitrogens is 1. The number of nitrogen functional groups attached to an aromatic ring is 1. The predicted molar refractivity (Wildman–Crippen MR) is 71.0 cm³/mol. The first kappa shape index (κ1) is 10.5. The highest BCUT2D eigenvalue weighted by Crippen LogP contribution is 2.41. The molecule has 3 heteroatoms. The van der Waals surface area contributed by atoms with Crippen LogP contribution in [0.25, 0.3) is 10.9 Å². The zero-order valence-electron chi connectivity index (χ0n) is 10.2. The summed E-state index contributed by atoms with van der Waals surface area (Å²) in [4.78, 5) is 4.81. The molecule has 17 heavy (non-hydrogen) atoms. The smallest absolute Gasteiger partial charge is 0.0758 e. The molecule has 1 aromatic carbocycles. The summed E-state index contributed by atoms with van der Waals surface area (Å²) >= 11 is 0. The van der Waals surface area contributed by atoms with Crippen LogP contribution in [0.4, 0.5) is 5.69 Å². The fraction of sp³-hybridized carbons (Fsp3) is 0.357. The minimum atomic E-state index is 0.645. The lowest BCUT2D eigenvalue weighted by Crippen LogP contribution is -2.09. The van der Waals surface area contributed by atoms with Crippen LogP contribution in [-0.4, -0.2) is 4.98 Å². The van der Waals surface area contributed by atoms with Crippen LogP contribution >= 0.6 is 0 Å². The van der Waals surface area contributed by atoms with Crippen LogP contribution in [-0.2, 0) is 0 Å². The number of benzene rings is 1. The number of nitrogens with one attached hydrogen (secondary N) is 1. The topological polar surface area (TPSA) is 50.9 Å². The molecule has 0 atom stereocenters. The van der Waals surface area contributed by atoms with Gasteiger partial charge in [0, 0.05) is 17.0 Å². The summed E-state index contributed by atoms with van der Waals surface area (Å²) in [5, 5.41) is 1.15. The van der Waals surface area contributed by atoms with E-state index < -0.39 is 0 Å². The molecule has 0 saturated heterocycles. The lowest BCUT2D eigenvalue weighted by Gasteiger charge is -2.12. The molecule has 1 heterocycles. The maximum atomic E-state index is 5.65. The standard InChI is InChI=1S/C14H17N3/c1-8-3-4-9(2)14-13(8)12(17-15)7-11(16-14)10-5-6-10/h3-4,7,10H,5-6,15H2,1-2H3,(H,16,17). The second-order valence-electron chi connectivity index (χ2n) is 4.94. The average Bonchev–Trinajstić information content (AvgIpc) is 3.16. The van der Waals surface area contributed by atoms with E-state index in [1.807, 2.05) is 0 Å². The molecule has 1 saturated carbocycles. The van der Waals surface area contributed by atoms with Gasteiger partial charge in [0.05, 0.1) is 11.2 Å². The average molecular weight is 227 g/mol. The highest BCUT2D eigenvalue weighted by atomic mass is 15.2. The molecule has 0 bridgehead atoms. The molecule has 3 nitrogen and oxygen atoms in total. The molecule has 0 radical (unpaired) electrons. The number of hydrogen-bond acceptors (Lipinski definition) is 3. The monoisotopic (exact) mass is 227 g/mol. The molecule has 2 aromatic rings. The number of rotatable bonds is 2. The van der Waals surface area contributed by atoms with E-state index in [1.165, 1.54) is 29.7 Å². The van der Waals surface area contributed by atoms with Gasteiger partial charge in [-0.05, 0) is 43.9 Å². The summed E-state index contributed by atoms with van der Waals surface area (Å²) in [6.07, 6.45) is 2.51. The Hall–Kier alpha value is -1.61. The van der Waals surface area contributed by atoms with Crippen molar-refractivity contribution in [2.45, 2.75) is 32.6 Å². The SMILES string of the molecule is Cc1ccc(C)c2c(NN)cc(C3CC3)nc12. The number of hydrogen-bond donors (Lipinski definition) is 2.